The summed E-state index contributed by atoms with van der Waals surface area (Å²) in [5, 5.41) is 17.9. The third-order valence-electron chi connectivity index (χ3n) is 1.59. The third kappa shape index (κ3) is 13.7. The lowest BCUT2D eigenvalue weighted by atomic mass is 10.1. The van der Waals surface area contributed by atoms with Crippen molar-refractivity contribution in [1.29, 1.82) is 0 Å². The van der Waals surface area contributed by atoms with Crippen molar-refractivity contribution in [1.82, 2.24) is 0 Å². The van der Waals surface area contributed by atoms with Gasteiger partial charge in [0.2, 0.25) is 3.79 Å². The largest absolute Gasteiger partial charge is 0.545 e. The van der Waals surface area contributed by atoms with Crippen molar-refractivity contribution in [2.45, 2.75) is 29.1 Å². The Kier molecular flexibility index (Phi) is 10.9. The number of nitrogens with two attached hydrogens (primary N) is 1. The lowest BCUT2D eigenvalue weighted by molar-refractivity contribution is -0.409. The van der Waals surface area contributed by atoms with Gasteiger partial charge >= 0.3 is 5.97 Å². The van der Waals surface area contributed by atoms with Gasteiger partial charge in [-0.15, -0.1) is 0 Å². The van der Waals surface area contributed by atoms with Crippen LogP contribution < -0.4 is 16.6 Å². The number of halogens is 3. The molecule has 0 aliphatic rings. The molecule has 17 heavy (non-hydrogen) atoms. The van der Waals surface area contributed by atoms with Crippen molar-refractivity contribution in [3.63, 3.8) is 0 Å². The molecule has 0 spiro atoms. The minimum atomic E-state index is -2.28. The molecule has 6 nitrogen and oxygen atoms in total. The zero-order chi connectivity index (χ0) is 14.1. The topological polar surface area (TPSA) is 131 Å². The van der Waals surface area contributed by atoms with E-state index in [0.29, 0.717) is 13.0 Å². The first-order chi connectivity index (χ1) is 7.62. The molecule has 0 rings (SSSR count). The molecule has 0 aromatic heterocycles. The predicted molar refractivity (Wildman–Crippen MR) is 62.5 cm³/mol. The monoisotopic (exact) mass is 308 g/mol. The molecule has 0 saturated heterocycles. The van der Waals surface area contributed by atoms with Gasteiger partial charge in [-0.2, -0.15) is 0 Å². The van der Waals surface area contributed by atoms with Crippen LogP contribution in [0.2, 0.25) is 0 Å². The lowest BCUT2D eigenvalue weighted by Gasteiger charge is -2.09. The highest BCUT2D eigenvalue weighted by Gasteiger charge is 2.20. The summed E-state index contributed by atoms with van der Waals surface area (Å²) in [7, 11) is 0. The van der Waals surface area contributed by atoms with Gasteiger partial charge in [-0.05, 0) is 19.4 Å². The number of unbranched alkanes of at least 4 members (excludes halogenated alkanes) is 1. The van der Waals surface area contributed by atoms with Crippen LogP contribution in [0.5, 0.6) is 0 Å². The fourth-order valence-electron chi connectivity index (χ4n) is 0.659. The fraction of sp³-hybridized carbons (Fsp3) is 0.750. The highest BCUT2D eigenvalue weighted by Crippen LogP contribution is 2.24. The molecule has 9 heteroatoms. The smallest absolute Gasteiger partial charge is 0.362 e. The Hall–Kier alpha value is -0.270. The predicted octanol–water partition coefficient (Wildman–Crippen LogP) is -1.08. The normalized spacial score (nSPS) is 12.3. The number of carboxylic acids is 2. The van der Waals surface area contributed by atoms with Crippen molar-refractivity contribution in [3.8, 4) is 0 Å². The van der Waals surface area contributed by atoms with Crippen molar-refractivity contribution in [2.75, 3.05) is 6.54 Å². The number of rotatable bonds is 5. The maximum atomic E-state index is 10.2. The SMILES string of the molecule is NCCCC[C@H]([NH3+])C(=O)O.O=C([O-])C(Cl)(Cl)Cl. The Morgan fingerprint density at radius 1 is 1.35 bits per heavy atom. The van der Waals surface area contributed by atoms with Crippen LogP contribution in [0, 0.1) is 0 Å². The molecule has 0 amide bonds. The van der Waals surface area contributed by atoms with Gasteiger partial charge in [-0.25, -0.2) is 4.79 Å². The van der Waals surface area contributed by atoms with E-state index >= 15 is 0 Å². The van der Waals surface area contributed by atoms with Crippen molar-refractivity contribution in [2.24, 2.45) is 5.73 Å². The van der Waals surface area contributed by atoms with E-state index in [9.17, 15) is 14.7 Å². The molecule has 102 valence electrons. The van der Waals surface area contributed by atoms with Crippen LogP contribution in [0.3, 0.4) is 0 Å². The average molecular weight is 310 g/mol. The van der Waals surface area contributed by atoms with Crippen molar-refractivity contribution < 1.29 is 25.5 Å². The molecule has 0 fully saturated rings. The first-order valence-electron chi connectivity index (χ1n) is 4.67. The van der Waals surface area contributed by atoms with Crippen LogP contribution in [-0.4, -0.2) is 33.4 Å². The Labute approximate surface area is 114 Å². The highest BCUT2D eigenvalue weighted by molar-refractivity contribution is 6.75. The summed E-state index contributed by atoms with van der Waals surface area (Å²) in [5.41, 5.74) is 8.69. The lowest BCUT2D eigenvalue weighted by Crippen LogP contribution is -2.64. The summed E-state index contributed by atoms with van der Waals surface area (Å²) in [4.78, 5) is 19.7. The Balaban J connectivity index is 0. The average Bonchev–Trinajstić information content (AvgIpc) is 2.17. The minimum Gasteiger partial charge on any atom is -0.545 e. The van der Waals surface area contributed by atoms with E-state index < -0.39 is 21.8 Å². The number of alkyl halides is 3. The van der Waals surface area contributed by atoms with Crippen LogP contribution in [0.4, 0.5) is 0 Å². The molecule has 6 N–H and O–H groups in total. The molecule has 0 heterocycles. The first kappa shape index (κ1) is 19.1. The molecule has 0 saturated carbocycles. The summed E-state index contributed by atoms with van der Waals surface area (Å²) < 4.78 is -2.28. The van der Waals surface area contributed by atoms with Gasteiger partial charge in [0.25, 0.3) is 0 Å². The molecule has 0 unspecified atom stereocenters. The summed E-state index contributed by atoms with van der Waals surface area (Å²) in [6, 6.07) is -0.466. The molecule has 0 aromatic rings. The minimum absolute atomic E-state index is 0.466. The Morgan fingerprint density at radius 3 is 2.00 bits per heavy atom. The van der Waals surface area contributed by atoms with Crippen molar-refractivity contribution in [3.05, 3.63) is 0 Å². The molecule has 0 aromatic carbocycles. The second kappa shape index (κ2) is 9.73. The number of aliphatic carboxylic acids is 2. The number of quaternary nitrogens is 1. The molecule has 0 aliphatic heterocycles. The number of carboxylic acid groups (broad SMARTS) is 2. The number of hydrogen-bond acceptors (Lipinski definition) is 4. The maximum Gasteiger partial charge on any atom is 0.362 e. The molecule has 0 aliphatic carbocycles. The summed E-state index contributed by atoms with van der Waals surface area (Å²) >= 11 is 14.2. The van der Waals surface area contributed by atoms with Crippen LogP contribution in [0.25, 0.3) is 0 Å². The second-order valence-corrected chi connectivity index (χ2v) is 5.39. The molecule has 1 atom stereocenters. The third-order valence-corrected chi connectivity index (χ3v) is 2.05. The van der Waals surface area contributed by atoms with E-state index in [1.807, 2.05) is 0 Å². The van der Waals surface area contributed by atoms with E-state index in [-0.39, 0.29) is 0 Å². The Morgan fingerprint density at radius 2 is 1.76 bits per heavy atom. The van der Waals surface area contributed by atoms with Crippen molar-refractivity contribution >= 4 is 46.7 Å². The zero-order valence-electron chi connectivity index (χ0n) is 9.00. The number of carbonyl (C=O) groups excluding carboxylic acids is 1. The highest BCUT2D eigenvalue weighted by atomic mass is 35.6. The quantitative estimate of drug-likeness (QED) is 0.439. The van der Waals surface area contributed by atoms with Gasteiger partial charge in [0.1, 0.15) is 0 Å². The molecule has 0 bridgehead atoms. The summed E-state index contributed by atoms with van der Waals surface area (Å²) in [6.45, 7) is 0.631. The fourth-order valence-corrected chi connectivity index (χ4v) is 0.659. The number of hydrogen-bond donors (Lipinski definition) is 3. The van der Waals surface area contributed by atoms with E-state index in [2.05, 4.69) is 5.73 Å². The first-order valence-corrected chi connectivity index (χ1v) is 5.80. The molecule has 0 radical (unpaired) electrons. The van der Waals surface area contributed by atoms with E-state index in [1.165, 1.54) is 0 Å². The standard InChI is InChI=1S/C6H14N2O2.C2HCl3O2/c7-4-2-1-3-5(8)6(9)10;3-2(4,5)1(6)7/h5H,1-4,7-8H2,(H,9,10);(H,6,7)/t5-;/m0./s1. The van der Waals surface area contributed by atoms with Gasteiger partial charge in [-0.1, -0.05) is 34.8 Å². The van der Waals surface area contributed by atoms with Crippen LogP contribution in [0.15, 0.2) is 0 Å². The zero-order valence-corrected chi connectivity index (χ0v) is 11.3. The van der Waals surface area contributed by atoms with Gasteiger partial charge in [0.05, 0.1) is 5.97 Å². The maximum absolute atomic E-state index is 10.2. The van der Waals surface area contributed by atoms with E-state index in [1.54, 1.807) is 0 Å². The molecular formula is C8H15Cl3N2O4. The second-order valence-electron chi connectivity index (χ2n) is 3.10. The summed E-state index contributed by atoms with van der Waals surface area (Å²) in [5.74, 6) is -2.53. The van der Waals surface area contributed by atoms with Crippen LogP contribution >= 0.6 is 34.8 Å². The molecular weight excluding hydrogens is 294 g/mol. The van der Waals surface area contributed by atoms with E-state index in [4.69, 9.17) is 45.6 Å². The summed E-state index contributed by atoms with van der Waals surface area (Å²) in [6.07, 6.45) is 2.38. The van der Waals surface area contributed by atoms with Crippen LogP contribution in [0.1, 0.15) is 19.3 Å². The van der Waals surface area contributed by atoms with Gasteiger partial charge < -0.3 is 26.5 Å². The van der Waals surface area contributed by atoms with Gasteiger partial charge in [0.15, 0.2) is 6.04 Å². The number of carbonyl (C=O) groups is 2. The van der Waals surface area contributed by atoms with E-state index in [0.717, 1.165) is 12.8 Å². The van der Waals surface area contributed by atoms with Crippen LogP contribution in [-0.2, 0) is 9.59 Å². The van der Waals surface area contributed by atoms with Gasteiger partial charge in [0, 0.05) is 6.42 Å². The van der Waals surface area contributed by atoms with Gasteiger partial charge in [-0.3, -0.25) is 0 Å². The Bertz CT molecular complexity index is 245.